The number of hydrogen-bond acceptors (Lipinski definition) is 4. The predicted molar refractivity (Wildman–Crippen MR) is 92.3 cm³/mol. The summed E-state index contributed by atoms with van der Waals surface area (Å²) in [6.45, 7) is 3.81. The average molecular weight is 368 g/mol. The molecule has 6 nitrogen and oxygen atoms in total. The highest BCUT2D eigenvalue weighted by Gasteiger charge is 2.39. The number of carbonyl (C=O) groups is 1. The number of halogens is 2. The van der Waals surface area contributed by atoms with E-state index in [0.717, 1.165) is 37.9 Å². The number of carbonyl (C=O) groups excluding carboxylic acids is 1. The van der Waals surface area contributed by atoms with Gasteiger partial charge in [-0.15, -0.1) is 0 Å². The Morgan fingerprint density at radius 1 is 1.38 bits per heavy atom. The van der Waals surface area contributed by atoms with Gasteiger partial charge >= 0.3 is 0 Å². The molecule has 8 heteroatoms. The molecule has 3 aliphatic rings. The number of nitrogens with zero attached hydrogens (tertiary/aromatic N) is 3. The first-order valence-electron chi connectivity index (χ1n) is 9.54. The van der Waals surface area contributed by atoms with Crippen LogP contribution in [0.2, 0.25) is 0 Å². The summed E-state index contributed by atoms with van der Waals surface area (Å²) in [5, 5.41) is 7.62. The second kappa shape index (κ2) is 7.13. The van der Waals surface area contributed by atoms with Gasteiger partial charge in [0.05, 0.1) is 5.69 Å². The Kier molecular flexibility index (Phi) is 4.86. The molecule has 0 radical (unpaired) electrons. The Balaban J connectivity index is 1.47. The summed E-state index contributed by atoms with van der Waals surface area (Å²) in [5.74, 6) is 0.889. The lowest BCUT2D eigenvalue weighted by atomic mass is 9.85. The zero-order valence-corrected chi connectivity index (χ0v) is 15.0. The summed E-state index contributed by atoms with van der Waals surface area (Å²) < 4.78 is 34.1. The zero-order valence-electron chi connectivity index (χ0n) is 15.0. The number of anilines is 1. The highest BCUT2D eigenvalue weighted by atomic mass is 19.3. The van der Waals surface area contributed by atoms with Gasteiger partial charge in [0.2, 0.25) is 0 Å². The lowest BCUT2D eigenvalue weighted by Gasteiger charge is -2.41. The topological polar surface area (TPSA) is 59.4 Å². The van der Waals surface area contributed by atoms with Crippen LogP contribution in [0.4, 0.5) is 14.6 Å². The van der Waals surface area contributed by atoms with Crippen LogP contribution in [0.1, 0.15) is 43.8 Å². The quantitative estimate of drug-likeness (QED) is 0.891. The fourth-order valence-electron chi connectivity index (χ4n) is 4.52. The van der Waals surface area contributed by atoms with Gasteiger partial charge in [0.25, 0.3) is 12.3 Å². The van der Waals surface area contributed by atoms with E-state index in [1.165, 1.54) is 4.68 Å². The number of ether oxygens (including phenoxy) is 1. The van der Waals surface area contributed by atoms with Crippen LogP contribution in [0, 0.1) is 12.8 Å². The molecule has 3 aliphatic heterocycles. The van der Waals surface area contributed by atoms with E-state index < -0.39 is 12.5 Å². The van der Waals surface area contributed by atoms with Crippen molar-refractivity contribution in [3.8, 4) is 0 Å². The van der Waals surface area contributed by atoms with E-state index in [1.807, 2.05) is 17.9 Å². The number of alkyl halides is 2. The third-order valence-corrected chi connectivity index (χ3v) is 5.84. The molecular weight excluding hydrogens is 342 g/mol. The van der Waals surface area contributed by atoms with E-state index in [4.69, 9.17) is 4.74 Å². The van der Waals surface area contributed by atoms with Crippen molar-refractivity contribution >= 4 is 11.7 Å². The highest BCUT2D eigenvalue weighted by Crippen LogP contribution is 2.36. The Hall–Kier alpha value is -1.70. The minimum Gasteiger partial charge on any atom is -0.368 e. The van der Waals surface area contributed by atoms with Crippen molar-refractivity contribution in [3.63, 3.8) is 0 Å². The fraction of sp³-hybridized carbons (Fsp3) is 0.778. The van der Waals surface area contributed by atoms with Crippen LogP contribution in [0.25, 0.3) is 0 Å². The molecule has 0 aromatic carbocycles. The lowest BCUT2D eigenvalue weighted by molar-refractivity contribution is -0.143. The minimum absolute atomic E-state index is 0.0642. The third kappa shape index (κ3) is 3.31. The second-order valence-electron chi connectivity index (χ2n) is 7.69. The largest absolute Gasteiger partial charge is 0.368 e. The van der Waals surface area contributed by atoms with Gasteiger partial charge in [0.1, 0.15) is 18.0 Å². The Morgan fingerprint density at radius 2 is 2.23 bits per heavy atom. The Labute approximate surface area is 151 Å². The van der Waals surface area contributed by atoms with Crippen molar-refractivity contribution in [2.45, 2.75) is 63.6 Å². The maximum atomic E-state index is 13.6. The first-order chi connectivity index (χ1) is 12.5. The summed E-state index contributed by atoms with van der Waals surface area (Å²) in [6, 6.07) is 0.839. The Bertz CT molecular complexity index is 660. The molecule has 1 aromatic rings. The van der Waals surface area contributed by atoms with Crippen LogP contribution in [0.3, 0.4) is 0 Å². The average Bonchev–Trinajstić information content (AvgIpc) is 3.28. The molecule has 0 aliphatic carbocycles. The zero-order chi connectivity index (χ0) is 18.3. The molecule has 0 spiro atoms. The number of aromatic nitrogens is 2. The fourth-order valence-corrected chi connectivity index (χ4v) is 4.52. The van der Waals surface area contributed by atoms with Crippen LogP contribution in [-0.2, 0) is 9.53 Å². The summed E-state index contributed by atoms with van der Waals surface area (Å²) in [6.07, 6.45) is 1.12. The van der Waals surface area contributed by atoms with Crippen molar-refractivity contribution in [1.29, 1.82) is 0 Å². The van der Waals surface area contributed by atoms with Crippen molar-refractivity contribution in [2.75, 3.05) is 25.0 Å². The number of nitrogens with one attached hydrogen (secondary N) is 1. The molecule has 144 valence electrons. The molecule has 1 aromatic heterocycles. The molecule has 4 rings (SSSR count). The van der Waals surface area contributed by atoms with Crippen LogP contribution in [0.5, 0.6) is 0 Å². The first-order valence-corrected chi connectivity index (χ1v) is 9.54. The smallest absolute Gasteiger partial charge is 0.260 e. The van der Waals surface area contributed by atoms with Gasteiger partial charge in [-0.2, -0.15) is 5.10 Å². The van der Waals surface area contributed by atoms with Crippen LogP contribution in [-0.4, -0.2) is 58.9 Å². The van der Waals surface area contributed by atoms with E-state index in [-0.39, 0.29) is 24.0 Å². The molecular formula is C18H26F2N4O2. The number of likely N-dealkylation sites (tertiary alicyclic amines) is 1. The summed E-state index contributed by atoms with van der Waals surface area (Å²) >= 11 is 0. The van der Waals surface area contributed by atoms with Gasteiger partial charge in [-0.1, -0.05) is 0 Å². The van der Waals surface area contributed by atoms with Gasteiger partial charge < -0.3 is 15.0 Å². The number of fused-ring (bicyclic) bond motifs is 1. The molecule has 4 atom stereocenters. The SMILES string of the molecule is Cc1cc2n(n1)[C@@H](C(F)F)C[C@@H]([C@@H]1CCCN(C(=O)[C@@H]3CCCO3)C1)N2. The molecule has 4 heterocycles. The first kappa shape index (κ1) is 17.7. The summed E-state index contributed by atoms with van der Waals surface area (Å²) in [7, 11) is 0. The molecule has 0 unspecified atom stereocenters. The predicted octanol–water partition coefficient (Wildman–Crippen LogP) is 2.60. The van der Waals surface area contributed by atoms with Crippen molar-refractivity contribution in [3.05, 3.63) is 11.8 Å². The van der Waals surface area contributed by atoms with Gasteiger partial charge in [-0.05, 0) is 44.9 Å². The monoisotopic (exact) mass is 368 g/mol. The lowest BCUT2D eigenvalue weighted by Crippen LogP contribution is -2.50. The van der Waals surface area contributed by atoms with Gasteiger partial charge in [0.15, 0.2) is 0 Å². The molecule has 1 N–H and O–H groups in total. The number of hydrogen-bond donors (Lipinski definition) is 1. The van der Waals surface area contributed by atoms with Gasteiger partial charge in [0, 0.05) is 31.8 Å². The summed E-state index contributed by atoms with van der Waals surface area (Å²) in [4.78, 5) is 14.5. The minimum atomic E-state index is -2.45. The standard InChI is InChI=1S/C18H26F2N4O2/c1-11-8-16-21-13(9-14(17(19)20)24(16)22-11)12-4-2-6-23(10-12)18(25)15-5-3-7-26-15/h8,12-15,17,21H,2-7,9-10H2,1H3/t12-,13+,14-,15+/m1/s1. The van der Waals surface area contributed by atoms with E-state index >= 15 is 0 Å². The van der Waals surface area contributed by atoms with E-state index in [2.05, 4.69) is 10.4 Å². The molecule has 2 saturated heterocycles. The van der Waals surface area contributed by atoms with Gasteiger partial charge in [-0.25, -0.2) is 13.5 Å². The summed E-state index contributed by atoms with van der Waals surface area (Å²) in [5.41, 5.74) is 0.734. The molecule has 0 saturated carbocycles. The molecule has 0 bridgehead atoms. The van der Waals surface area contributed by atoms with Crippen molar-refractivity contribution in [1.82, 2.24) is 14.7 Å². The molecule has 1 amide bonds. The van der Waals surface area contributed by atoms with E-state index in [0.29, 0.717) is 25.4 Å². The van der Waals surface area contributed by atoms with E-state index in [1.54, 1.807) is 0 Å². The van der Waals surface area contributed by atoms with Gasteiger partial charge in [-0.3, -0.25) is 4.79 Å². The highest BCUT2D eigenvalue weighted by molar-refractivity contribution is 5.81. The maximum Gasteiger partial charge on any atom is 0.260 e. The van der Waals surface area contributed by atoms with Crippen LogP contribution < -0.4 is 5.32 Å². The number of amides is 1. The van der Waals surface area contributed by atoms with Crippen molar-refractivity contribution in [2.24, 2.45) is 5.92 Å². The number of piperidine rings is 1. The number of rotatable bonds is 3. The van der Waals surface area contributed by atoms with Crippen LogP contribution >= 0.6 is 0 Å². The maximum absolute atomic E-state index is 13.6. The molecule has 2 fully saturated rings. The Morgan fingerprint density at radius 3 is 2.96 bits per heavy atom. The molecule has 26 heavy (non-hydrogen) atoms. The van der Waals surface area contributed by atoms with E-state index in [9.17, 15) is 13.6 Å². The second-order valence-corrected chi connectivity index (χ2v) is 7.69. The van der Waals surface area contributed by atoms with Crippen molar-refractivity contribution < 1.29 is 18.3 Å². The number of aryl methyl sites for hydroxylation is 1. The third-order valence-electron chi connectivity index (χ3n) is 5.84. The normalized spacial score (nSPS) is 31.8. The van der Waals surface area contributed by atoms with Crippen LogP contribution in [0.15, 0.2) is 6.07 Å².